The predicted octanol–water partition coefficient (Wildman–Crippen LogP) is 7.85. The van der Waals surface area contributed by atoms with Crippen LogP contribution in [0.15, 0.2) is 49.1 Å². The molecule has 0 saturated carbocycles. The summed E-state index contributed by atoms with van der Waals surface area (Å²) in [4.78, 5) is 25.0. The summed E-state index contributed by atoms with van der Waals surface area (Å²) in [5.74, 6) is -0.902. The van der Waals surface area contributed by atoms with Gasteiger partial charge in [-0.25, -0.2) is 38.7 Å². The van der Waals surface area contributed by atoms with Crippen LogP contribution in [0.5, 0.6) is 0 Å². The minimum absolute atomic E-state index is 0.0974. The summed E-state index contributed by atoms with van der Waals surface area (Å²) in [6.45, 7) is 0.836. The van der Waals surface area contributed by atoms with E-state index in [-0.39, 0.29) is 10.0 Å². The molecule has 16 heteroatoms. The second-order valence-electron chi connectivity index (χ2n) is 8.15. The molecule has 4 aromatic heterocycles. The van der Waals surface area contributed by atoms with E-state index in [1.807, 2.05) is 45.2 Å². The lowest BCUT2D eigenvalue weighted by Crippen LogP contribution is -2.01. The summed E-state index contributed by atoms with van der Waals surface area (Å²) in [6.07, 6.45) is 3.21. The lowest BCUT2D eigenvalue weighted by molar-refractivity contribution is 0.624. The fourth-order valence-corrected chi connectivity index (χ4v) is 5.65. The number of rotatable bonds is 4. The van der Waals surface area contributed by atoms with E-state index in [2.05, 4.69) is 29.9 Å². The van der Waals surface area contributed by atoms with E-state index in [0.29, 0.717) is 53.4 Å². The number of nitrogens with zero attached hydrogens (tertiary/aromatic N) is 8. The molecule has 204 valence electrons. The Morgan fingerprint density at radius 1 is 0.675 bits per heavy atom. The number of hydrogen-bond donors (Lipinski definition) is 0. The van der Waals surface area contributed by atoms with Crippen LogP contribution in [0, 0.1) is 19.3 Å². The highest BCUT2D eigenvalue weighted by Crippen LogP contribution is 2.24. The Balaban J connectivity index is 0.000000161. The largest absolute Gasteiger partial charge is 0.322 e. The number of aromatic nitrogens is 8. The monoisotopic (exact) mass is 844 g/mol. The minimum Gasteiger partial charge on any atom is -0.322 e. The first-order chi connectivity index (χ1) is 19.1. The number of fused-ring (bicyclic) bond motifs is 2. The Bertz CT molecular complexity index is 1880. The maximum Gasteiger partial charge on any atom is 0.194 e. The zero-order valence-corrected chi connectivity index (χ0v) is 27.0. The summed E-state index contributed by atoms with van der Waals surface area (Å²) in [5, 5.41) is 0.830. The van der Waals surface area contributed by atoms with Crippen molar-refractivity contribution >= 4 is 114 Å². The van der Waals surface area contributed by atoms with E-state index in [1.165, 1.54) is 24.3 Å². The maximum absolute atomic E-state index is 13.4. The van der Waals surface area contributed by atoms with Crippen LogP contribution in [0.25, 0.3) is 22.3 Å². The number of halogens is 8. The van der Waals surface area contributed by atoms with Gasteiger partial charge in [-0.05, 0) is 35.4 Å². The fraction of sp³-hybridized carbons (Fsp3) is 0.0833. The molecule has 2 aromatic carbocycles. The van der Waals surface area contributed by atoms with Crippen molar-refractivity contribution in [2.24, 2.45) is 0 Å². The Hall–Kier alpha value is -1.98. The lowest BCUT2D eigenvalue weighted by Gasteiger charge is -2.06. The van der Waals surface area contributed by atoms with Crippen molar-refractivity contribution in [3.05, 3.63) is 99.8 Å². The Morgan fingerprint density at radius 3 is 1.85 bits per heavy atom. The van der Waals surface area contributed by atoms with Crippen molar-refractivity contribution in [1.29, 1.82) is 0 Å². The standard InChI is InChI=1S/2C12H6Cl2FIN4/c13-7-2-1-6(3-8(7)15)4-20-5-17-11-9(20)10(14)18-12(16)19-11;13-7-2-1-6(3-8(7)15)4-20-5-17-9-10(14)18-12(16)19-11(9)20/h2*1-3,5H,4H2. The number of imidazole rings is 2. The molecule has 0 unspecified atom stereocenters. The van der Waals surface area contributed by atoms with Gasteiger partial charge in [0, 0.05) is 51.7 Å². The zero-order valence-electron chi connectivity index (χ0n) is 19.6. The molecular formula is C24H12Cl4F2I2N8. The summed E-state index contributed by atoms with van der Waals surface area (Å²) >= 11 is 27.4. The van der Waals surface area contributed by atoms with Crippen LogP contribution in [0.1, 0.15) is 11.1 Å². The average molecular weight is 846 g/mol. The van der Waals surface area contributed by atoms with Gasteiger partial charge in [0.1, 0.15) is 22.7 Å². The smallest absolute Gasteiger partial charge is 0.194 e. The third-order valence-electron chi connectivity index (χ3n) is 5.47. The average Bonchev–Trinajstić information content (AvgIpc) is 3.48. The van der Waals surface area contributed by atoms with Gasteiger partial charge < -0.3 is 9.13 Å². The first-order valence-electron chi connectivity index (χ1n) is 11.0. The third kappa shape index (κ3) is 6.57. The molecule has 0 radical (unpaired) electrons. The molecule has 0 fully saturated rings. The molecule has 8 nitrogen and oxygen atoms in total. The molecule has 0 atom stereocenters. The van der Waals surface area contributed by atoms with E-state index in [4.69, 9.17) is 46.4 Å². The molecule has 0 amide bonds. The normalized spacial score (nSPS) is 11.2. The second kappa shape index (κ2) is 12.5. The van der Waals surface area contributed by atoms with Crippen molar-refractivity contribution < 1.29 is 8.78 Å². The van der Waals surface area contributed by atoms with Crippen LogP contribution >= 0.6 is 91.6 Å². The molecular weight excluding hydrogens is 834 g/mol. The van der Waals surface area contributed by atoms with Crippen LogP contribution in [0.3, 0.4) is 0 Å². The van der Waals surface area contributed by atoms with Crippen molar-refractivity contribution in [1.82, 2.24) is 39.0 Å². The van der Waals surface area contributed by atoms with Gasteiger partial charge in [-0.15, -0.1) is 0 Å². The van der Waals surface area contributed by atoms with E-state index in [1.54, 1.807) is 33.9 Å². The Kier molecular flexibility index (Phi) is 9.21. The van der Waals surface area contributed by atoms with Gasteiger partial charge >= 0.3 is 0 Å². The first kappa shape index (κ1) is 29.5. The highest BCUT2D eigenvalue weighted by molar-refractivity contribution is 14.1. The molecule has 0 bridgehead atoms. The maximum atomic E-state index is 13.4. The molecule has 6 rings (SSSR count). The zero-order chi connectivity index (χ0) is 28.6. The van der Waals surface area contributed by atoms with Crippen molar-refractivity contribution in [2.45, 2.75) is 13.1 Å². The summed E-state index contributed by atoms with van der Waals surface area (Å²) in [5.41, 5.74) is 3.80. The molecule has 0 aliphatic heterocycles. The number of benzene rings is 2. The SMILES string of the molecule is Fc1cc(Cn2cnc3c(Cl)nc(I)nc32)ccc1Cl.Fc1cc(Cn2cnc3nc(I)nc(Cl)c32)ccc1Cl. The minimum atomic E-state index is -0.453. The van der Waals surface area contributed by atoms with Gasteiger partial charge in [0.2, 0.25) is 0 Å². The summed E-state index contributed by atoms with van der Waals surface area (Å²) < 4.78 is 31.5. The molecule has 0 saturated heterocycles. The first-order valence-corrected chi connectivity index (χ1v) is 14.7. The predicted molar refractivity (Wildman–Crippen MR) is 167 cm³/mol. The summed E-state index contributed by atoms with van der Waals surface area (Å²) in [7, 11) is 0. The van der Waals surface area contributed by atoms with Gasteiger partial charge in [-0.1, -0.05) is 58.5 Å². The summed E-state index contributed by atoms with van der Waals surface area (Å²) in [6, 6.07) is 9.32. The van der Waals surface area contributed by atoms with Gasteiger partial charge in [0.25, 0.3) is 0 Å². The van der Waals surface area contributed by atoms with Crippen molar-refractivity contribution in [3.8, 4) is 0 Å². The van der Waals surface area contributed by atoms with Crippen LogP contribution in [-0.2, 0) is 13.1 Å². The van der Waals surface area contributed by atoms with E-state index in [0.717, 1.165) is 11.1 Å². The third-order valence-corrected chi connectivity index (χ3v) is 7.58. The molecule has 0 spiro atoms. The van der Waals surface area contributed by atoms with Crippen LogP contribution in [-0.4, -0.2) is 39.0 Å². The molecule has 0 aliphatic rings. The topological polar surface area (TPSA) is 87.2 Å². The van der Waals surface area contributed by atoms with Crippen LogP contribution < -0.4 is 0 Å². The molecule has 0 N–H and O–H groups in total. The van der Waals surface area contributed by atoms with Gasteiger partial charge in [-0.3, -0.25) is 0 Å². The quantitative estimate of drug-likeness (QED) is 0.102. The lowest BCUT2D eigenvalue weighted by atomic mass is 10.2. The molecule has 40 heavy (non-hydrogen) atoms. The highest BCUT2D eigenvalue weighted by atomic mass is 127. The van der Waals surface area contributed by atoms with Gasteiger partial charge in [0.15, 0.2) is 29.3 Å². The Morgan fingerprint density at radius 2 is 1.23 bits per heavy atom. The second-order valence-corrected chi connectivity index (χ2v) is 11.6. The van der Waals surface area contributed by atoms with Crippen molar-refractivity contribution in [2.75, 3.05) is 0 Å². The number of hydrogen-bond acceptors (Lipinski definition) is 6. The fourth-order valence-electron chi connectivity index (χ4n) is 3.70. The Labute approximate surface area is 272 Å². The van der Waals surface area contributed by atoms with Crippen LogP contribution in [0.2, 0.25) is 20.4 Å². The molecule has 6 aromatic rings. The van der Waals surface area contributed by atoms with Gasteiger partial charge in [0.05, 0.1) is 29.2 Å². The van der Waals surface area contributed by atoms with E-state index >= 15 is 0 Å². The molecule has 4 heterocycles. The molecule has 0 aliphatic carbocycles. The highest BCUT2D eigenvalue weighted by Gasteiger charge is 2.13. The van der Waals surface area contributed by atoms with Crippen molar-refractivity contribution in [3.63, 3.8) is 0 Å². The van der Waals surface area contributed by atoms with E-state index < -0.39 is 11.6 Å². The van der Waals surface area contributed by atoms with Gasteiger partial charge in [-0.2, -0.15) is 0 Å². The van der Waals surface area contributed by atoms with Crippen LogP contribution in [0.4, 0.5) is 8.78 Å². The van der Waals surface area contributed by atoms with E-state index in [9.17, 15) is 8.78 Å².